The van der Waals surface area contributed by atoms with Crippen LogP contribution in [-0.4, -0.2) is 60.5 Å². The number of rotatable bonds is 3. The lowest BCUT2D eigenvalue weighted by atomic mass is 10.0. The van der Waals surface area contributed by atoms with Gasteiger partial charge in [-0.1, -0.05) is 47.5 Å². The fourth-order valence-corrected chi connectivity index (χ4v) is 3.76. The maximum Gasteiger partial charge on any atom is 0.320 e. The zero-order chi connectivity index (χ0) is 21.4. The molecule has 4 nitrogen and oxygen atoms in total. The summed E-state index contributed by atoms with van der Waals surface area (Å²) in [4.78, 5) is 18.7. The van der Waals surface area contributed by atoms with Crippen molar-refractivity contribution in [1.82, 2.24) is 14.7 Å². The third-order valence-corrected chi connectivity index (χ3v) is 5.67. The topological polar surface area (TPSA) is 26.8 Å². The summed E-state index contributed by atoms with van der Waals surface area (Å²) in [6.07, 6.45) is 0. The van der Waals surface area contributed by atoms with Crippen molar-refractivity contribution in [3.05, 3.63) is 69.7 Å². The molecule has 3 rings (SSSR count). The van der Waals surface area contributed by atoms with E-state index in [1.54, 1.807) is 0 Å². The van der Waals surface area contributed by atoms with Crippen molar-refractivity contribution >= 4 is 29.2 Å². The molecule has 158 valence electrons. The molecule has 1 unspecified atom stereocenters. The molecular weight excluding hydrogens is 405 g/mol. The van der Waals surface area contributed by atoms with Gasteiger partial charge in [-0.05, 0) is 63.2 Å². The molecule has 6 heteroatoms. The van der Waals surface area contributed by atoms with Crippen LogP contribution in [0.2, 0.25) is 10.0 Å². The Hall–Kier alpha value is -1.75. The van der Waals surface area contributed by atoms with Gasteiger partial charge in [-0.25, -0.2) is 4.79 Å². The van der Waals surface area contributed by atoms with Crippen LogP contribution in [0, 0.1) is 6.92 Å². The second kappa shape index (κ2) is 11.4. The first-order chi connectivity index (χ1) is 13.8. The van der Waals surface area contributed by atoms with Gasteiger partial charge < -0.3 is 9.80 Å². The normalized spacial score (nSPS) is 16.8. The highest BCUT2D eigenvalue weighted by atomic mass is 35.5. The first-order valence-electron chi connectivity index (χ1n) is 10.1. The first-order valence-corrected chi connectivity index (χ1v) is 10.8. The minimum atomic E-state index is 0.145. The van der Waals surface area contributed by atoms with E-state index in [4.69, 9.17) is 23.2 Å². The monoisotopic (exact) mass is 435 g/mol. The molecule has 1 heterocycles. The van der Waals surface area contributed by atoms with Gasteiger partial charge in [0.1, 0.15) is 0 Å². The van der Waals surface area contributed by atoms with Crippen LogP contribution >= 0.6 is 23.2 Å². The number of benzene rings is 2. The van der Waals surface area contributed by atoms with Gasteiger partial charge in [0, 0.05) is 42.8 Å². The number of halogens is 2. The Morgan fingerprint density at radius 2 is 1.69 bits per heavy atom. The molecule has 2 amide bonds. The van der Waals surface area contributed by atoms with E-state index >= 15 is 0 Å². The van der Waals surface area contributed by atoms with E-state index in [-0.39, 0.29) is 12.1 Å². The van der Waals surface area contributed by atoms with Crippen LogP contribution in [0.25, 0.3) is 0 Å². The molecular formula is C23H31Cl2N3O. The average Bonchev–Trinajstić information content (AvgIpc) is 2.70. The van der Waals surface area contributed by atoms with Crippen LogP contribution < -0.4 is 0 Å². The van der Waals surface area contributed by atoms with Crippen molar-refractivity contribution in [2.45, 2.75) is 26.8 Å². The van der Waals surface area contributed by atoms with Crippen LogP contribution in [0.5, 0.6) is 0 Å². The molecule has 29 heavy (non-hydrogen) atoms. The molecule has 0 N–H and O–H groups in total. The highest BCUT2D eigenvalue weighted by molar-refractivity contribution is 6.30. The number of likely N-dealkylation sites (N-methyl/N-ethyl adjacent to an activating group) is 1. The molecule has 1 atom stereocenters. The van der Waals surface area contributed by atoms with Crippen LogP contribution in [0.15, 0.2) is 48.5 Å². The Kier molecular flexibility index (Phi) is 9.28. The molecule has 2 aromatic carbocycles. The van der Waals surface area contributed by atoms with E-state index in [0.717, 1.165) is 42.8 Å². The summed E-state index contributed by atoms with van der Waals surface area (Å²) < 4.78 is 0. The Morgan fingerprint density at radius 1 is 1.03 bits per heavy atom. The smallest absolute Gasteiger partial charge is 0.320 e. The molecule has 2 aromatic rings. The van der Waals surface area contributed by atoms with Crippen molar-refractivity contribution < 1.29 is 4.79 Å². The molecule has 0 aliphatic carbocycles. The lowest BCUT2D eigenvalue weighted by Crippen LogP contribution is -2.53. The Labute approximate surface area is 185 Å². The van der Waals surface area contributed by atoms with E-state index in [0.29, 0.717) is 0 Å². The molecule has 0 spiro atoms. The average molecular weight is 436 g/mol. The van der Waals surface area contributed by atoms with Crippen molar-refractivity contribution in [3.63, 3.8) is 0 Å². The quantitative estimate of drug-likeness (QED) is 0.614. The minimum Gasteiger partial charge on any atom is -0.325 e. The van der Waals surface area contributed by atoms with Crippen LogP contribution in [0.1, 0.15) is 31.0 Å². The largest absolute Gasteiger partial charge is 0.325 e. The van der Waals surface area contributed by atoms with Gasteiger partial charge in [-0.15, -0.1) is 0 Å². The summed E-state index contributed by atoms with van der Waals surface area (Å²) in [6.45, 7) is 9.98. The van der Waals surface area contributed by atoms with Crippen molar-refractivity contribution in [1.29, 1.82) is 0 Å². The molecule has 0 radical (unpaired) electrons. The second-order valence-corrected chi connectivity index (χ2v) is 8.12. The van der Waals surface area contributed by atoms with Crippen LogP contribution in [0.3, 0.4) is 0 Å². The van der Waals surface area contributed by atoms with E-state index in [9.17, 15) is 4.79 Å². The summed E-state index contributed by atoms with van der Waals surface area (Å²) in [5.41, 5.74) is 2.41. The van der Waals surface area contributed by atoms with E-state index in [2.05, 4.69) is 24.1 Å². The molecule has 0 bridgehead atoms. The van der Waals surface area contributed by atoms with Gasteiger partial charge in [-0.2, -0.15) is 0 Å². The zero-order valence-electron chi connectivity index (χ0n) is 17.7. The summed E-state index contributed by atoms with van der Waals surface area (Å²) in [5, 5.41) is 1.55. The number of piperazine rings is 1. The van der Waals surface area contributed by atoms with E-state index in [1.165, 1.54) is 11.1 Å². The predicted octanol–water partition coefficient (Wildman–Crippen LogP) is 5.74. The summed E-state index contributed by atoms with van der Waals surface area (Å²) in [7, 11) is 2.11. The van der Waals surface area contributed by atoms with E-state index < -0.39 is 0 Å². The van der Waals surface area contributed by atoms with Gasteiger partial charge in [0.25, 0.3) is 0 Å². The third kappa shape index (κ3) is 6.91. The molecule has 0 aromatic heterocycles. The zero-order valence-corrected chi connectivity index (χ0v) is 19.2. The number of hydrogen-bond acceptors (Lipinski definition) is 2. The van der Waals surface area contributed by atoms with E-state index in [1.807, 2.05) is 67.0 Å². The fraction of sp³-hybridized carbons (Fsp3) is 0.435. The summed E-state index contributed by atoms with van der Waals surface area (Å²) in [6, 6.07) is 16.1. The lowest BCUT2D eigenvalue weighted by molar-refractivity contribution is 0.0914. The second-order valence-electron chi connectivity index (χ2n) is 7.25. The molecule has 1 aliphatic heterocycles. The molecule has 1 saturated heterocycles. The van der Waals surface area contributed by atoms with Gasteiger partial charge in [0.15, 0.2) is 0 Å². The molecule has 1 aliphatic rings. The van der Waals surface area contributed by atoms with Gasteiger partial charge in [-0.3, -0.25) is 4.90 Å². The number of urea groups is 1. The van der Waals surface area contributed by atoms with Gasteiger partial charge >= 0.3 is 6.03 Å². The number of carbonyl (C=O) groups is 1. The SMILES string of the molecule is CCN(CC)C(=O)N1CCN(C)C(c2ccc(Cl)cc2)C1.Cc1cccc(Cl)c1. The van der Waals surface area contributed by atoms with Gasteiger partial charge in [0.2, 0.25) is 0 Å². The molecule has 1 fully saturated rings. The number of nitrogens with zero attached hydrogens (tertiary/aromatic N) is 3. The Balaban J connectivity index is 0.000000313. The highest BCUT2D eigenvalue weighted by Crippen LogP contribution is 2.25. The maximum atomic E-state index is 12.5. The summed E-state index contributed by atoms with van der Waals surface area (Å²) >= 11 is 11.6. The number of hydrogen-bond donors (Lipinski definition) is 0. The summed E-state index contributed by atoms with van der Waals surface area (Å²) in [5.74, 6) is 0. The third-order valence-electron chi connectivity index (χ3n) is 5.19. The van der Waals surface area contributed by atoms with Crippen molar-refractivity contribution in [3.8, 4) is 0 Å². The van der Waals surface area contributed by atoms with Crippen LogP contribution in [-0.2, 0) is 0 Å². The standard InChI is InChI=1S/C16H24ClN3O.C7H7Cl/c1-4-19(5-2)16(21)20-11-10-18(3)15(12-20)13-6-8-14(17)9-7-13;1-6-3-2-4-7(8)5-6/h6-9,15H,4-5,10-12H2,1-3H3;2-5H,1H3. The van der Waals surface area contributed by atoms with Crippen molar-refractivity contribution in [2.24, 2.45) is 0 Å². The first kappa shape index (κ1) is 23.5. The fourth-order valence-electron chi connectivity index (χ4n) is 3.39. The number of carbonyl (C=O) groups excluding carboxylic acids is 1. The predicted molar refractivity (Wildman–Crippen MR) is 123 cm³/mol. The van der Waals surface area contributed by atoms with Crippen molar-refractivity contribution in [2.75, 3.05) is 39.8 Å². The van der Waals surface area contributed by atoms with Gasteiger partial charge in [0.05, 0.1) is 6.04 Å². The number of aryl methyl sites for hydroxylation is 1. The van der Waals surface area contributed by atoms with Crippen LogP contribution in [0.4, 0.5) is 4.79 Å². The molecule has 0 saturated carbocycles. The Bertz CT molecular complexity index is 761. The minimum absolute atomic E-state index is 0.145. The maximum absolute atomic E-state index is 12.5. The Morgan fingerprint density at radius 3 is 2.21 bits per heavy atom. The highest BCUT2D eigenvalue weighted by Gasteiger charge is 2.29. The number of amides is 2. The lowest BCUT2D eigenvalue weighted by Gasteiger charge is -2.41.